The highest BCUT2D eigenvalue weighted by Gasteiger charge is 2.37. The van der Waals surface area contributed by atoms with Crippen LogP contribution in [0.3, 0.4) is 0 Å². The number of benzene rings is 1. The third-order valence-corrected chi connectivity index (χ3v) is 5.79. The number of fused-ring (bicyclic) bond motifs is 2. The van der Waals surface area contributed by atoms with Crippen LogP contribution in [0, 0.1) is 5.92 Å². The molecule has 0 amide bonds. The smallest absolute Gasteiger partial charge is 0.300 e. The first-order chi connectivity index (χ1) is 11.3. The van der Waals surface area contributed by atoms with Crippen molar-refractivity contribution in [1.29, 1.82) is 0 Å². The number of hydrogen-bond donors (Lipinski definition) is 1. The van der Waals surface area contributed by atoms with E-state index < -0.39 is 8.32 Å². The number of carbonyl (C=O) groups excluding carboxylic acids is 1. The largest absolute Gasteiger partial charge is 0.519 e. The number of nitrogens with one attached hydrogen (secondary N) is 1. The van der Waals surface area contributed by atoms with E-state index in [1.165, 1.54) is 27.6 Å². The van der Waals surface area contributed by atoms with E-state index in [1.807, 2.05) is 0 Å². The topological polar surface area (TPSA) is 45.3 Å². The van der Waals surface area contributed by atoms with Crippen molar-refractivity contribution in [3.63, 3.8) is 0 Å². The number of H-pyrrole nitrogens is 1. The first-order valence-electron chi connectivity index (χ1n) is 8.57. The fraction of sp³-hybridized carbons (Fsp3) is 0.421. The molecule has 2 aliphatic rings. The number of nitrogens with zero attached hydrogens (tertiary/aromatic N) is 1. The van der Waals surface area contributed by atoms with Crippen molar-refractivity contribution in [3.05, 3.63) is 41.6 Å². The van der Waals surface area contributed by atoms with E-state index in [2.05, 4.69) is 67.0 Å². The zero-order valence-corrected chi connectivity index (χ0v) is 15.7. The molecule has 0 bridgehead atoms. The molecular formula is C19H24N2O2Si. The van der Waals surface area contributed by atoms with E-state index in [0.29, 0.717) is 6.04 Å². The lowest BCUT2D eigenvalue weighted by atomic mass is 9.80. The van der Waals surface area contributed by atoms with Crippen LogP contribution in [0.4, 0.5) is 0 Å². The fourth-order valence-electron chi connectivity index (χ4n) is 3.98. The third-order valence-electron chi connectivity index (χ3n) is 4.98. The number of aromatic amines is 1. The molecule has 5 heteroatoms. The van der Waals surface area contributed by atoms with Crippen LogP contribution < -0.4 is 0 Å². The molecule has 0 radical (unpaired) electrons. The van der Waals surface area contributed by atoms with E-state index in [9.17, 15) is 4.79 Å². The average molecular weight is 340 g/mol. The van der Waals surface area contributed by atoms with Crippen molar-refractivity contribution in [2.24, 2.45) is 5.92 Å². The Hall–Kier alpha value is -1.85. The molecule has 1 aromatic carbocycles. The molecule has 2 heterocycles. The Balaban J connectivity index is 1.77. The molecule has 1 aromatic heterocycles. The minimum absolute atomic E-state index is 0.0704. The van der Waals surface area contributed by atoms with Crippen LogP contribution in [-0.2, 0) is 15.6 Å². The van der Waals surface area contributed by atoms with Crippen molar-refractivity contribution in [3.8, 4) is 0 Å². The van der Waals surface area contributed by atoms with Crippen LogP contribution in [0.5, 0.6) is 0 Å². The Morgan fingerprint density at radius 2 is 2.12 bits per heavy atom. The Bertz CT molecular complexity index is 847. The molecule has 0 saturated heterocycles. The van der Waals surface area contributed by atoms with Gasteiger partial charge < -0.3 is 9.41 Å². The molecule has 1 aliphatic carbocycles. The Morgan fingerprint density at radius 1 is 1.33 bits per heavy atom. The van der Waals surface area contributed by atoms with E-state index in [4.69, 9.17) is 4.43 Å². The number of aromatic nitrogens is 1. The summed E-state index contributed by atoms with van der Waals surface area (Å²) < 4.78 is 5.76. The lowest BCUT2D eigenvalue weighted by Crippen LogP contribution is -2.45. The van der Waals surface area contributed by atoms with Crippen LogP contribution >= 0.6 is 0 Å². The highest BCUT2D eigenvalue weighted by Crippen LogP contribution is 2.40. The third kappa shape index (κ3) is 2.52. The Labute approximate surface area is 143 Å². The van der Waals surface area contributed by atoms with Gasteiger partial charge in [-0.3, -0.25) is 9.69 Å². The fourth-order valence-corrected chi connectivity index (χ4v) is 4.73. The molecule has 0 spiro atoms. The van der Waals surface area contributed by atoms with Gasteiger partial charge in [-0.1, -0.05) is 18.2 Å². The molecule has 2 unspecified atom stereocenters. The van der Waals surface area contributed by atoms with Gasteiger partial charge in [0.25, 0.3) is 0 Å². The predicted molar refractivity (Wildman–Crippen MR) is 99.3 cm³/mol. The summed E-state index contributed by atoms with van der Waals surface area (Å²) in [5.74, 6) is -0.247. The second kappa shape index (κ2) is 5.33. The number of carbonyl (C=O) groups is 1. The molecule has 2 atom stereocenters. The van der Waals surface area contributed by atoms with Crippen LogP contribution in [0.2, 0.25) is 19.6 Å². The maximum Gasteiger partial charge on any atom is 0.300 e. The summed E-state index contributed by atoms with van der Waals surface area (Å²) in [6.07, 6.45) is 5.29. The van der Waals surface area contributed by atoms with Crippen molar-refractivity contribution < 1.29 is 9.22 Å². The monoisotopic (exact) mass is 340 g/mol. The summed E-state index contributed by atoms with van der Waals surface area (Å²) in [7, 11) is 0.247. The van der Waals surface area contributed by atoms with Gasteiger partial charge in [0.15, 0.2) is 0 Å². The minimum atomic E-state index is -1.87. The normalized spacial score (nSPS) is 23.8. The van der Waals surface area contributed by atoms with E-state index in [0.717, 1.165) is 13.0 Å². The lowest BCUT2D eigenvalue weighted by molar-refractivity contribution is -0.138. The van der Waals surface area contributed by atoms with Gasteiger partial charge in [-0.15, -0.1) is 0 Å². The van der Waals surface area contributed by atoms with Crippen LogP contribution in [-0.4, -0.2) is 43.8 Å². The van der Waals surface area contributed by atoms with Gasteiger partial charge >= 0.3 is 5.97 Å². The first kappa shape index (κ1) is 15.7. The van der Waals surface area contributed by atoms with E-state index in [-0.39, 0.29) is 11.9 Å². The molecule has 126 valence electrons. The highest BCUT2D eigenvalue weighted by atomic mass is 28.4. The molecule has 2 aromatic rings. The van der Waals surface area contributed by atoms with Gasteiger partial charge in [-0.25, -0.2) is 0 Å². The first-order valence-corrected chi connectivity index (χ1v) is 12.0. The average Bonchev–Trinajstić information content (AvgIpc) is 2.91. The summed E-state index contributed by atoms with van der Waals surface area (Å²) in [5, 5.41) is 1.31. The number of rotatable bonds is 2. The lowest BCUT2D eigenvalue weighted by Gasteiger charge is -2.39. The molecule has 0 saturated carbocycles. The van der Waals surface area contributed by atoms with Crippen LogP contribution in [0.15, 0.2) is 30.5 Å². The van der Waals surface area contributed by atoms with Gasteiger partial charge in [0.1, 0.15) is 0 Å². The predicted octanol–water partition coefficient (Wildman–Crippen LogP) is 3.42. The number of hydrogen-bond acceptors (Lipinski definition) is 3. The molecular weight excluding hydrogens is 316 g/mol. The van der Waals surface area contributed by atoms with Gasteiger partial charge in [0, 0.05) is 29.7 Å². The standard InChI is InChI=1S/C19H24N2O2Si/c1-21-11-13(19(22)23-24(2,3)4)8-15-14-6-5-7-16-18(14)12(10-20-16)9-17(15)21/h5-8,10,13,17,20H,9,11H2,1-4H3. The van der Waals surface area contributed by atoms with Gasteiger partial charge in [0.2, 0.25) is 8.32 Å². The number of likely N-dealkylation sites (N-methyl/N-ethyl adjacent to an activating group) is 1. The molecule has 0 fully saturated rings. The minimum Gasteiger partial charge on any atom is -0.519 e. The summed E-state index contributed by atoms with van der Waals surface area (Å²) in [5.41, 5.74) is 5.09. The van der Waals surface area contributed by atoms with Crippen LogP contribution in [0.25, 0.3) is 16.5 Å². The van der Waals surface area contributed by atoms with E-state index in [1.54, 1.807) is 0 Å². The Morgan fingerprint density at radius 3 is 2.88 bits per heavy atom. The quantitative estimate of drug-likeness (QED) is 0.852. The maximum absolute atomic E-state index is 12.6. The molecule has 1 aliphatic heterocycles. The molecule has 4 nitrogen and oxygen atoms in total. The summed E-state index contributed by atoms with van der Waals surface area (Å²) in [4.78, 5) is 18.3. The zero-order chi connectivity index (χ0) is 17.1. The van der Waals surface area contributed by atoms with Crippen molar-refractivity contribution >= 4 is 30.8 Å². The van der Waals surface area contributed by atoms with Crippen molar-refractivity contribution in [2.45, 2.75) is 32.1 Å². The maximum atomic E-state index is 12.6. The van der Waals surface area contributed by atoms with Gasteiger partial charge in [-0.05, 0) is 55.9 Å². The zero-order valence-electron chi connectivity index (χ0n) is 14.7. The Kier molecular flexibility index (Phi) is 3.48. The van der Waals surface area contributed by atoms with Crippen LogP contribution in [0.1, 0.15) is 11.1 Å². The SMILES string of the molecule is CN1CC(C(=O)O[Si](C)(C)C)C=C2c3cccc4[nH]cc(c34)CC21. The second-order valence-corrected chi connectivity index (χ2v) is 12.4. The van der Waals surface area contributed by atoms with Crippen molar-refractivity contribution in [2.75, 3.05) is 13.6 Å². The molecule has 4 rings (SSSR count). The summed E-state index contributed by atoms with van der Waals surface area (Å²) in [6, 6.07) is 6.73. The summed E-state index contributed by atoms with van der Waals surface area (Å²) in [6.45, 7) is 6.90. The molecule has 24 heavy (non-hydrogen) atoms. The second-order valence-electron chi connectivity index (χ2n) is 7.96. The van der Waals surface area contributed by atoms with E-state index >= 15 is 0 Å². The highest BCUT2D eigenvalue weighted by molar-refractivity contribution is 6.71. The summed E-state index contributed by atoms with van der Waals surface area (Å²) >= 11 is 0. The van der Waals surface area contributed by atoms with Crippen molar-refractivity contribution in [1.82, 2.24) is 9.88 Å². The van der Waals surface area contributed by atoms with Gasteiger partial charge in [0.05, 0.1) is 5.92 Å². The molecule has 1 N–H and O–H groups in total. The van der Waals surface area contributed by atoms with Gasteiger partial charge in [-0.2, -0.15) is 0 Å².